The van der Waals surface area contributed by atoms with E-state index in [4.69, 9.17) is 9.84 Å². The summed E-state index contributed by atoms with van der Waals surface area (Å²) in [6, 6.07) is 10.4. The Morgan fingerprint density at radius 2 is 1.89 bits per heavy atom. The van der Waals surface area contributed by atoms with Crippen LogP contribution < -0.4 is 5.32 Å². The average Bonchev–Trinajstić information content (AvgIpc) is 2.68. The molecular weight excluding hydrogens is 358 g/mol. The Hall–Kier alpha value is -2.28. The molecule has 0 spiro atoms. The van der Waals surface area contributed by atoms with Crippen LogP contribution in [0.3, 0.4) is 0 Å². The number of carbonyl (C=O) groups excluding carboxylic acids is 1. The van der Waals surface area contributed by atoms with E-state index in [2.05, 4.69) is 17.3 Å². The van der Waals surface area contributed by atoms with E-state index in [1.54, 1.807) is 0 Å². The Labute approximate surface area is 166 Å². The molecule has 1 saturated carbocycles. The van der Waals surface area contributed by atoms with Gasteiger partial charge in [-0.1, -0.05) is 30.3 Å². The topological polar surface area (TPSA) is 82.1 Å². The molecule has 0 unspecified atom stereocenters. The summed E-state index contributed by atoms with van der Waals surface area (Å²) < 4.78 is 5.27. The minimum atomic E-state index is -0.800. The zero-order chi connectivity index (χ0) is 19.9. The van der Waals surface area contributed by atoms with Gasteiger partial charge < -0.3 is 25.0 Å². The molecule has 1 aromatic rings. The van der Waals surface area contributed by atoms with Gasteiger partial charge in [-0.05, 0) is 57.2 Å². The van der Waals surface area contributed by atoms with E-state index >= 15 is 0 Å². The van der Waals surface area contributed by atoms with Crippen molar-refractivity contribution in [2.75, 3.05) is 26.7 Å². The number of alkyl carbamates (subject to hydrolysis) is 1. The fourth-order valence-corrected chi connectivity index (χ4v) is 3.98. The van der Waals surface area contributed by atoms with Crippen molar-refractivity contribution in [3.05, 3.63) is 35.9 Å². The van der Waals surface area contributed by atoms with Crippen molar-refractivity contribution < 1.29 is 19.4 Å². The molecule has 1 aliphatic heterocycles. The third kappa shape index (κ3) is 5.86. The van der Waals surface area contributed by atoms with Gasteiger partial charge in [-0.15, -0.1) is 0 Å². The van der Waals surface area contributed by atoms with Gasteiger partial charge in [0.15, 0.2) is 0 Å². The molecule has 2 N–H and O–H groups in total. The predicted octanol–water partition coefficient (Wildman–Crippen LogP) is 3.16. The van der Waals surface area contributed by atoms with Crippen molar-refractivity contribution in [2.45, 2.75) is 50.8 Å². The third-order valence-corrected chi connectivity index (χ3v) is 6.05. The minimum absolute atomic E-state index is 0.189. The maximum absolute atomic E-state index is 11.9. The number of likely N-dealkylation sites (tertiary alicyclic amines) is 1. The van der Waals surface area contributed by atoms with Gasteiger partial charge in [-0.3, -0.25) is 0 Å². The van der Waals surface area contributed by atoms with E-state index in [1.807, 2.05) is 30.3 Å². The van der Waals surface area contributed by atoms with Crippen molar-refractivity contribution >= 4 is 12.2 Å². The molecule has 2 amide bonds. The fourth-order valence-electron chi connectivity index (χ4n) is 3.98. The first-order valence-corrected chi connectivity index (χ1v) is 10.2. The smallest absolute Gasteiger partial charge is 0.407 e. The monoisotopic (exact) mass is 389 g/mol. The Morgan fingerprint density at radius 3 is 2.54 bits per heavy atom. The second-order valence-electron chi connectivity index (χ2n) is 8.01. The first kappa shape index (κ1) is 20.5. The zero-order valence-corrected chi connectivity index (χ0v) is 16.5. The number of hydrogen-bond donors (Lipinski definition) is 2. The van der Waals surface area contributed by atoms with E-state index in [1.165, 1.54) is 4.90 Å². The van der Waals surface area contributed by atoms with Gasteiger partial charge in [0.05, 0.1) is 0 Å². The van der Waals surface area contributed by atoms with Gasteiger partial charge >= 0.3 is 12.2 Å². The maximum atomic E-state index is 11.9. The molecule has 7 heteroatoms. The van der Waals surface area contributed by atoms with Gasteiger partial charge in [-0.25, -0.2) is 9.59 Å². The number of nitrogens with one attached hydrogen (secondary N) is 1. The molecule has 0 bridgehead atoms. The molecule has 1 aliphatic carbocycles. The second kappa shape index (κ2) is 9.78. The van der Waals surface area contributed by atoms with E-state index in [0.29, 0.717) is 31.7 Å². The Kier molecular flexibility index (Phi) is 7.14. The Morgan fingerprint density at radius 1 is 1.21 bits per heavy atom. The summed E-state index contributed by atoms with van der Waals surface area (Å²) in [5.41, 5.74) is 0.984. The van der Waals surface area contributed by atoms with Crippen molar-refractivity contribution in [3.8, 4) is 0 Å². The molecule has 2 fully saturated rings. The first-order chi connectivity index (χ1) is 13.5. The van der Waals surface area contributed by atoms with Crippen LogP contribution in [0.15, 0.2) is 30.3 Å². The van der Waals surface area contributed by atoms with Gasteiger partial charge in [0.2, 0.25) is 0 Å². The molecule has 7 nitrogen and oxygen atoms in total. The van der Waals surface area contributed by atoms with Crippen LogP contribution in [0.25, 0.3) is 0 Å². The van der Waals surface area contributed by atoms with Gasteiger partial charge in [0.25, 0.3) is 0 Å². The van der Waals surface area contributed by atoms with E-state index in [0.717, 1.165) is 44.2 Å². The molecule has 3 rings (SSSR count). The molecule has 28 heavy (non-hydrogen) atoms. The number of nitrogens with zero attached hydrogens (tertiary/aromatic N) is 2. The quantitative estimate of drug-likeness (QED) is 0.749. The molecular formula is C21H31N3O4. The molecule has 1 heterocycles. The number of hydrogen-bond acceptors (Lipinski definition) is 4. The number of carboxylic acid groups (broad SMARTS) is 1. The number of amides is 2. The van der Waals surface area contributed by atoms with Crippen molar-refractivity contribution in [1.82, 2.24) is 15.1 Å². The molecule has 2 aliphatic rings. The number of rotatable bonds is 7. The van der Waals surface area contributed by atoms with E-state index in [9.17, 15) is 9.59 Å². The molecule has 0 aromatic heterocycles. The SMILES string of the molecule is CN(CCC1CCN(C(=O)O)CC1)C1CC(NC(=O)OCc2ccccc2)C1. The predicted molar refractivity (Wildman–Crippen MR) is 106 cm³/mol. The highest BCUT2D eigenvalue weighted by Gasteiger charge is 2.33. The summed E-state index contributed by atoms with van der Waals surface area (Å²) in [6.07, 6.45) is 3.79. The van der Waals surface area contributed by atoms with Crippen LogP contribution >= 0.6 is 0 Å². The lowest BCUT2D eigenvalue weighted by Crippen LogP contribution is -2.53. The van der Waals surface area contributed by atoms with Crippen LogP contribution in [0.2, 0.25) is 0 Å². The normalized spacial score (nSPS) is 22.6. The summed E-state index contributed by atoms with van der Waals surface area (Å²) in [5, 5.41) is 12.0. The summed E-state index contributed by atoms with van der Waals surface area (Å²) in [5.74, 6) is 0.611. The Bertz CT molecular complexity index is 640. The van der Waals surface area contributed by atoms with Crippen LogP contribution in [0.4, 0.5) is 9.59 Å². The average molecular weight is 389 g/mol. The standard InChI is InChI=1S/C21H31N3O4/c1-23(10-7-16-8-11-24(12-9-16)21(26)27)19-13-18(14-19)22-20(25)28-15-17-5-3-2-4-6-17/h2-6,16,18-19H,7-15H2,1H3,(H,22,25)(H,26,27). The second-order valence-corrected chi connectivity index (χ2v) is 8.01. The summed E-state index contributed by atoms with van der Waals surface area (Å²) in [6.45, 7) is 2.63. The first-order valence-electron chi connectivity index (χ1n) is 10.2. The number of benzene rings is 1. The molecule has 1 saturated heterocycles. The number of carbonyl (C=O) groups is 2. The van der Waals surface area contributed by atoms with Gasteiger partial charge in [0, 0.05) is 25.2 Å². The number of piperidine rings is 1. The minimum Gasteiger partial charge on any atom is -0.465 e. The summed E-state index contributed by atoms with van der Waals surface area (Å²) in [4.78, 5) is 26.8. The van der Waals surface area contributed by atoms with Crippen LogP contribution in [0.5, 0.6) is 0 Å². The van der Waals surface area contributed by atoms with Crippen LogP contribution in [-0.2, 0) is 11.3 Å². The van der Waals surface area contributed by atoms with Gasteiger partial charge in [-0.2, -0.15) is 0 Å². The molecule has 0 radical (unpaired) electrons. The number of ether oxygens (including phenoxy) is 1. The van der Waals surface area contributed by atoms with Crippen LogP contribution in [-0.4, -0.2) is 65.9 Å². The van der Waals surface area contributed by atoms with Gasteiger partial charge in [0.1, 0.15) is 6.61 Å². The molecule has 154 valence electrons. The highest BCUT2D eigenvalue weighted by molar-refractivity contribution is 5.67. The van der Waals surface area contributed by atoms with E-state index in [-0.39, 0.29) is 12.1 Å². The zero-order valence-electron chi connectivity index (χ0n) is 16.5. The largest absolute Gasteiger partial charge is 0.465 e. The van der Waals surface area contributed by atoms with E-state index < -0.39 is 6.09 Å². The van der Waals surface area contributed by atoms with Crippen molar-refractivity contribution in [3.63, 3.8) is 0 Å². The molecule has 0 atom stereocenters. The van der Waals surface area contributed by atoms with Crippen LogP contribution in [0.1, 0.15) is 37.7 Å². The lowest BCUT2D eigenvalue weighted by atomic mass is 9.85. The van der Waals surface area contributed by atoms with Crippen molar-refractivity contribution in [2.24, 2.45) is 5.92 Å². The molecule has 1 aromatic carbocycles. The summed E-state index contributed by atoms with van der Waals surface area (Å²) in [7, 11) is 2.14. The lowest BCUT2D eigenvalue weighted by Gasteiger charge is -2.42. The highest BCUT2D eigenvalue weighted by Crippen LogP contribution is 2.27. The third-order valence-electron chi connectivity index (χ3n) is 6.05. The highest BCUT2D eigenvalue weighted by atomic mass is 16.5. The van der Waals surface area contributed by atoms with Crippen LogP contribution in [0, 0.1) is 5.92 Å². The Balaban J connectivity index is 1.26. The maximum Gasteiger partial charge on any atom is 0.407 e. The lowest BCUT2D eigenvalue weighted by molar-refractivity contribution is 0.0901. The summed E-state index contributed by atoms with van der Waals surface area (Å²) >= 11 is 0. The van der Waals surface area contributed by atoms with Crippen molar-refractivity contribution in [1.29, 1.82) is 0 Å². The fraction of sp³-hybridized carbons (Fsp3) is 0.619.